The lowest BCUT2D eigenvalue weighted by Gasteiger charge is -2.17. The predicted octanol–water partition coefficient (Wildman–Crippen LogP) is 6.03. The third-order valence-corrected chi connectivity index (χ3v) is 7.72. The largest absolute Gasteiger partial charge is 0.453 e. The summed E-state index contributed by atoms with van der Waals surface area (Å²) >= 11 is 1.47. The Hall–Kier alpha value is -4.57. The minimum Gasteiger partial charge on any atom is -0.453 e. The Bertz CT molecular complexity index is 1710. The summed E-state index contributed by atoms with van der Waals surface area (Å²) in [5, 5.41) is 2.61. The smallest absolute Gasteiger partial charge is 0.236 e. The quantitative estimate of drug-likeness (QED) is 0.254. The van der Waals surface area contributed by atoms with Crippen molar-refractivity contribution >= 4 is 44.7 Å². The molecule has 0 unspecified atom stereocenters. The van der Waals surface area contributed by atoms with E-state index >= 15 is 0 Å². The number of imidazole rings is 1. The molecule has 0 spiro atoms. The predicted molar refractivity (Wildman–Crippen MR) is 149 cm³/mol. The van der Waals surface area contributed by atoms with Crippen LogP contribution in [0.5, 0.6) is 11.5 Å². The van der Waals surface area contributed by atoms with E-state index in [-0.39, 0.29) is 23.8 Å². The SMILES string of the molecule is CCn1cnc(-c2cc3nccc(Oc4ccc(NC(=O)CC(=O)N5CCc6ccccc65)cc4F)c3s2)c1. The molecule has 1 N–H and O–H groups in total. The van der Waals surface area contributed by atoms with Gasteiger partial charge in [0.05, 0.1) is 27.1 Å². The highest BCUT2D eigenvalue weighted by Gasteiger charge is 2.25. The Morgan fingerprint density at radius 1 is 1.10 bits per heavy atom. The number of carbonyl (C=O) groups is 2. The van der Waals surface area contributed by atoms with Crippen LogP contribution >= 0.6 is 11.3 Å². The van der Waals surface area contributed by atoms with E-state index < -0.39 is 11.7 Å². The molecule has 4 heterocycles. The van der Waals surface area contributed by atoms with E-state index in [0.717, 1.165) is 45.0 Å². The van der Waals surface area contributed by atoms with E-state index in [2.05, 4.69) is 15.3 Å². The van der Waals surface area contributed by atoms with Crippen molar-refractivity contribution in [2.24, 2.45) is 0 Å². The molecule has 1 aliphatic heterocycles. The lowest BCUT2D eigenvalue weighted by atomic mass is 10.2. The van der Waals surface area contributed by atoms with Gasteiger partial charge in [0, 0.05) is 49.0 Å². The second-order valence-electron chi connectivity index (χ2n) is 9.12. The van der Waals surface area contributed by atoms with Crippen LogP contribution in [-0.4, -0.2) is 32.9 Å². The summed E-state index contributed by atoms with van der Waals surface area (Å²) < 4.78 is 23.7. The number of nitrogens with one attached hydrogen (secondary N) is 1. The highest BCUT2D eigenvalue weighted by atomic mass is 32.1. The fourth-order valence-corrected chi connectivity index (χ4v) is 5.62. The maximum Gasteiger partial charge on any atom is 0.236 e. The van der Waals surface area contributed by atoms with Gasteiger partial charge in [0.1, 0.15) is 12.2 Å². The van der Waals surface area contributed by atoms with Crippen molar-refractivity contribution in [3.05, 3.63) is 84.7 Å². The molecule has 10 heteroatoms. The number of aromatic nitrogens is 3. The maximum atomic E-state index is 15.0. The molecule has 3 aromatic heterocycles. The number of ether oxygens (including phenoxy) is 1. The maximum absolute atomic E-state index is 15.0. The van der Waals surface area contributed by atoms with E-state index in [4.69, 9.17) is 4.74 Å². The highest BCUT2D eigenvalue weighted by molar-refractivity contribution is 7.22. The standard InChI is InChI=1S/C29H24FN5O3S/c1-2-34-16-22(32-17-34)26-14-21-29(39-26)25(9-11-31-21)38-24-8-7-19(13-20(24)30)33-27(36)15-28(37)35-12-10-18-5-3-4-6-23(18)35/h3-9,11,13-14,16-17H,2,10,12,15H2,1H3,(H,33,36). The Kier molecular flexibility index (Phi) is 6.54. The molecule has 0 saturated carbocycles. The summed E-state index contributed by atoms with van der Waals surface area (Å²) in [4.78, 5) is 36.7. The fraction of sp³-hybridized carbons (Fsp3) is 0.172. The third kappa shape index (κ3) is 4.98. The number of aryl methyl sites for hydroxylation is 1. The van der Waals surface area contributed by atoms with Crippen LogP contribution in [-0.2, 0) is 22.6 Å². The van der Waals surface area contributed by atoms with Crippen molar-refractivity contribution in [1.82, 2.24) is 14.5 Å². The Balaban J connectivity index is 1.14. The number of benzene rings is 2. The zero-order valence-corrected chi connectivity index (χ0v) is 21.9. The lowest BCUT2D eigenvalue weighted by molar-refractivity contribution is -0.125. The summed E-state index contributed by atoms with van der Waals surface area (Å²) in [5.41, 5.74) is 3.73. The number of carbonyl (C=O) groups excluding carboxylic acids is 2. The fourth-order valence-electron chi connectivity index (χ4n) is 4.60. The van der Waals surface area contributed by atoms with Crippen molar-refractivity contribution < 1.29 is 18.7 Å². The number of hydrogen-bond acceptors (Lipinski definition) is 6. The molecule has 0 atom stereocenters. The number of rotatable bonds is 7. The number of para-hydroxylation sites is 1. The molecular formula is C29H24FN5O3S. The molecule has 196 valence electrons. The average molecular weight is 542 g/mol. The summed E-state index contributed by atoms with van der Waals surface area (Å²) in [6.45, 7) is 3.41. The first kappa shape index (κ1) is 24.7. The van der Waals surface area contributed by atoms with Crippen LogP contribution in [0.4, 0.5) is 15.8 Å². The number of thiophene rings is 1. The molecule has 0 radical (unpaired) electrons. The van der Waals surface area contributed by atoms with Crippen molar-refractivity contribution in [1.29, 1.82) is 0 Å². The third-order valence-electron chi connectivity index (χ3n) is 6.56. The Labute approximate surface area is 227 Å². The van der Waals surface area contributed by atoms with Gasteiger partial charge in [-0.2, -0.15) is 0 Å². The number of amides is 2. The van der Waals surface area contributed by atoms with Gasteiger partial charge < -0.3 is 19.5 Å². The topological polar surface area (TPSA) is 89.3 Å². The number of hydrogen-bond donors (Lipinski definition) is 1. The van der Waals surface area contributed by atoms with Gasteiger partial charge in [0.2, 0.25) is 11.8 Å². The number of pyridine rings is 1. The van der Waals surface area contributed by atoms with Crippen LogP contribution in [0.1, 0.15) is 18.9 Å². The molecule has 1 aliphatic rings. The Morgan fingerprint density at radius 3 is 2.79 bits per heavy atom. The van der Waals surface area contributed by atoms with Crippen molar-refractivity contribution in [2.75, 3.05) is 16.8 Å². The van der Waals surface area contributed by atoms with Gasteiger partial charge in [-0.3, -0.25) is 14.6 Å². The van der Waals surface area contributed by atoms with Crippen LogP contribution < -0.4 is 15.0 Å². The first-order valence-corrected chi connectivity index (χ1v) is 13.4. The second-order valence-corrected chi connectivity index (χ2v) is 10.2. The number of fused-ring (bicyclic) bond motifs is 2. The van der Waals surface area contributed by atoms with E-state index in [9.17, 15) is 14.0 Å². The average Bonchev–Trinajstić information content (AvgIpc) is 3.68. The van der Waals surface area contributed by atoms with E-state index in [1.807, 2.05) is 48.0 Å². The summed E-state index contributed by atoms with van der Waals surface area (Å²) in [5.74, 6) is -0.967. The zero-order valence-electron chi connectivity index (χ0n) is 21.1. The van der Waals surface area contributed by atoms with Gasteiger partial charge >= 0.3 is 0 Å². The molecule has 0 bridgehead atoms. The minimum absolute atomic E-state index is 0.00969. The van der Waals surface area contributed by atoms with Crippen LogP contribution in [0, 0.1) is 5.82 Å². The molecule has 5 aromatic rings. The summed E-state index contributed by atoms with van der Waals surface area (Å²) in [6.07, 6.45) is 5.79. The van der Waals surface area contributed by atoms with Gasteiger partial charge in [0.15, 0.2) is 11.6 Å². The first-order valence-electron chi connectivity index (χ1n) is 12.5. The highest BCUT2D eigenvalue weighted by Crippen LogP contribution is 2.39. The van der Waals surface area contributed by atoms with Crippen LogP contribution in [0.25, 0.3) is 20.8 Å². The number of nitrogens with zero attached hydrogens (tertiary/aromatic N) is 4. The van der Waals surface area contributed by atoms with E-state index in [1.54, 1.807) is 29.6 Å². The second kappa shape index (κ2) is 10.3. The normalized spacial score (nSPS) is 12.5. The van der Waals surface area contributed by atoms with Crippen LogP contribution in [0.2, 0.25) is 0 Å². The monoisotopic (exact) mass is 541 g/mol. The lowest BCUT2D eigenvalue weighted by Crippen LogP contribution is -2.32. The molecule has 39 heavy (non-hydrogen) atoms. The molecule has 6 rings (SSSR count). The van der Waals surface area contributed by atoms with Crippen LogP contribution in [0.3, 0.4) is 0 Å². The van der Waals surface area contributed by atoms with Gasteiger partial charge in [-0.05, 0) is 43.2 Å². The molecule has 8 nitrogen and oxygen atoms in total. The zero-order chi connectivity index (χ0) is 26.9. The summed E-state index contributed by atoms with van der Waals surface area (Å²) in [6, 6.07) is 15.4. The van der Waals surface area contributed by atoms with Crippen LogP contribution in [0.15, 0.2) is 73.3 Å². The van der Waals surface area contributed by atoms with Crippen molar-refractivity contribution in [3.8, 4) is 22.1 Å². The van der Waals surface area contributed by atoms with Gasteiger partial charge in [-0.1, -0.05) is 18.2 Å². The molecule has 2 amide bonds. The Morgan fingerprint density at radius 2 is 1.97 bits per heavy atom. The van der Waals surface area contributed by atoms with Gasteiger partial charge in [-0.15, -0.1) is 11.3 Å². The van der Waals surface area contributed by atoms with Crippen molar-refractivity contribution in [2.45, 2.75) is 26.3 Å². The molecule has 2 aromatic carbocycles. The van der Waals surface area contributed by atoms with E-state index in [0.29, 0.717) is 12.3 Å². The molecule has 0 saturated heterocycles. The van der Waals surface area contributed by atoms with E-state index in [1.165, 1.54) is 23.5 Å². The first-order chi connectivity index (χ1) is 19.0. The number of anilines is 2. The minimum atomic E-state index is -0.643. The van der Waals surface area contributed by atoms with Crippen molar-refractivity contribution in [3.63, 3.8) is 0 Å². The van der Waals surface area contributed by atoms with Gasteiger partial charge in [-0.25, -0.2) is 9.37 Å². The number of halogens is 1. The molecular weight excluding hydrogens is 517 g/mol. The van der Waals surface area contributed by atoms with Gasteiger partial charge in [0.25, 0.3) is 0 Å². The molecule has 0 fully saturated rings. The molecule has 0 aliphatic carbocycles. The summed E-state index contributed by atoms with van der Waals surface area (Å²) in [7, 11) is 0.